The van der Waals surface area contributed by atoms with Crippen molar-refractivity contribution in [3.8, 4) is 5.75 Å². The van der Waals surface area contributed by atoms with Gasteiger partial charge in [-0.3, -0.25) is 4.79 Å². The van der Waals surface area contributed by atoms with Gasteiger partial charge in [-0.15, -0.1) is 0 Å². The van der Waals surface area contributed by atoms with Crippen molar-refractivity contribution in [1.29, 1.82) is 0 Å². The molecule has 1 aliphatic heterocycles. The molecule has 1 aliphatic carbocycles. The molecule has 4 nitrogen and oxygen atoms in total. The first-order chi connectivity index (χ1) is 9.76. The zero-order valence-electron chi connectivity index (χ0n) is 11.9. The predicted molar refractivity (Wildman–Crippen MR) is 77.9 cm³/mol. The molecule has 4 heteroatoms. The summed E-state index contributed by atoms with van der Waals surface area (Å²) in [6.45, 7) is 0.830. The largest absolute Gasteiger partial charge is 0.497 e. The van der Waals surface area contributed by atoms with Gasteiger partial charge in [-0.2, -0.15) is 0 Å². The molecule has 1 heterocycles. The number of methoxy groups -OCH3 is 1. The van der Waals surface area contributed by atoms with Gasteiger partial charge < -0.3 is 15.4 Å². The van der Waals surface area contributed by atoms with Crippen molar-refractivity contribution in [2.75, 3.05) is 13.7 Å². The second-order valence-corrected chi connectivity index (χ2v) is 5.79. The Morgan fingerprint density at radius 1 is 1.25 bits per heavy atom. The molecule has 1 aromatic rings. The highest BCUT2D eigenvalue weighted by atomic mass is 16.5. The van der Waals surface area contributed by atoms with Crippen LogP contribution in [0.2, 0.25) is 0 Å². The van der Waals surface area contributed by atoms with Crippen LogP contribution in [0.25, 0.3) is 0 Å². The first-order valence-corrected chi connectivity index (χ1v) is 7.44. The number of hydrogen-bond acceptors (Lipinski definition) is 3. The lowest BCUT2D eigenvalue weighted by Gasteiger charge is -2.39. The number of piperidine rings is 1. The van der Waals surface area contributed by atoms with Gasteiger partial charge in [-0.25, -0.2) is 0 Å². The fraction of sp³-hybridized carbons (Fsp3) is 0.562. The fourth-order valence-corrected chi connectivity index (χ4v) is 3.12. The maximum Gasteiger partial charge on any atom is 0.237 e. The molecule has 1 unspecified atom stereocenters. The topological polar surface area (TPSA) is 50.4 Å². The zero-order valence-corrected chi connectivity index (χ0v) is 11.9. The van der Waals surface area contributed by atoms with Gasteiger partial charge >= 0.3 is 0 Å². The maximum absolute atomic E-state index is 11.7. The summed E-state index contributed by atoms with van der Waals surface area (Å²) < 4.78 is 5.18. The van der Waals surface area contributed by atoms with Gasteiger partial charge in [0.15, 0.2) is 0 Å². The summed E-state index contributed by atoms with van der Waals surface area (Å²) in [6.07, 6.45) is 4.29. The van der Waals surface area contributed by atoms with Crippen LogP contribution in [0.5, 0.6) is 5.75 Å². The van der Waals surface area contributed by atoms with Crippen LogP contribution in [-0.2, 0) is 4.79 Å². The number of benzene rings is 1. The van der Waals surface area contributed by atoms with Gasteiger partial charge in [-0.1, -0.05) is 12.1 Å². The molecule has 0 radical (unpaired) electrons. The summed E-state index contributed by atoms with van der Waals surface area (Å²) in [4.78, 5) is 11.7. The lowest BCUT2D eigenvalue weighted by molar-refractivity contribution is -0.124. The molecule has 20 heavy (non-hydrogen) atoms. The summed E-state index contributed by atoms with van der Waals surface area (Å²) >= 11 is 0. The molecule has 1 amide bonds. The van der Waals surface area contributed by atoms with E-state index in [1.165, 1.54) is 5.56 Å². The number of carbonyl (C=O) groups is 1. The molecule has 1 aromatic carbocycles. The maximum atomic E-state index is 11.7. The van der Waals surface area contributed by atoms with Crippen LogP contribution in [0.1, 0.15) is 37.2 Å². The molecule has 3 rings (SSSR count). The van der Waals surface area contributed by atoms with Gasteiger partial charge in [0.1, 0.15) is 5.75 Å². The number of ether oxygens (including phenoxy) is 1. The van der Waals surface area contributed by atoms with Crippen molar-refractivity contribution < 1.29 is 9.53 Å². The van der Waals surface area contributed by atoms with Crippen LogP contribution < -0.4 is 15.4 Å². The van der Waals surface area contributed by atoms with Crippen molar-refractivity contribution in [3.63, 3.8) is 0 Å². The number of rotatable bonds is 4. The van der Waals surface area contributed by atoms with E-state index in [0.29, 0.717) is 12.0 Å². The number of hydrogen-bond donors (Lipinski definition) is 2. The zero-order chi connectivity index (χ0) is 13.9. The van der Waals surface area contributed by atoms with E-state index in [1.54, 1.807) is 7.11 Å². The summed E-state index contributed by atoms with van der Waals surface area (Å²) in [5.74, 6) is 1.69. The van der Waals surface area contributed by atoms with E-state index in [4.69, 9.17) is 4.74 Å². The summed E-state index contributed by atoms with van der Waals surface area (Å²) in [5.41, 5.74) is 1.37. The van der Waals surface area contributed by atoms with Crippen LogP contribution in [0.3, 0.4) is 0 Å². The summed E-state index contributed by atoms with van der Waals surface area (Å²) in [5, 5.41) is 6.42. The molecule has 1 saturated heterocycles. The first kappa shape index (κ1) is 13.4. The standard InChI is InChI=1S/C16H22N2O2/c1-20-14-6-4-11(5-7-14)12-9-13(10-12)18-15-3-2-8-17-16(15)19/h4-7,12-13,15,18H,2-3,8-10H2,1H3,(H,17,19). The van der Waals surface area contributed by atoms with Crippen molar-refractivity contribution in [1.82, 2.24) is 10.6 Å². The van der Waals surface area contributed by atoms with Crippen LogP contribution in [0, 0.1) is 0 Å². The third-order valence-corrected chi connectivity index (χ3v) is 4.45. The predicted octanol–water partition coefficient (Wildman–Crippen LogP) is 1.81. The minimum atomic E-state index is 0.0190. The van der Waals surface area contributed by atoms with Crippen molar-refractivity contribution in [2.24, 2.45) is 0 Å². The SMILES string of the molecule is COc1ccc(C2CC(NC3CCCNC3=O)C2)cc1. The molecular formula is C16H22N2O2. The second kappa shape index (κ2) is 5.83. The molecule has 0 aromatic heterocycles. The average Bonchev–Trinajstić information content (AvgIpc) is 2.44. The molecule has 108 valence electrons. The Balaban J connectivity index is 1.49. The summed E-state index contributed by atoms with van der Waals surface area (Å²) in [6, 6.07) is 8.83. The van der Waals surface area contributed by atoms with Crippen LogP contribution >= 0.6 is 0 Å². The first-order valence-electron chi connectivity index (χ1n) is 7.44. The van der Waals surface area contributed by atoms with Crippen LogP contribution in [0.4, 0.5) is 0 Å². The molecular weight excluding hydrogens is 252 g/mol. The Morgan fingerprint density at radius 3 is 2.65 bits per heavy atom. The Hall–Kier alpha value is -1.55. The third-order valence-electron chi connectivity index (χ3n) is 4.45. The van der Waals surface area contributed by atoms with E-state index in [2.05, 4.69) is 22.8 Å². The Bertz CT molecular complexity index is 466. The van der Waals surface area contributed by atoms with Gasteiger partial charge in [0, 0.05) is 12.6 Å². The van der Waals surface area contributed by atoms with Crippen molar-refractivity contribution in [2.45, 2.75) is 43.7 Å². The molecule has 0 spiro atoms. The van der Waals surface area contributed by atoms with Gasteiger partial charge in [-0.05, 0) is 49.3 Å². The van der Waals surface area contributed by atoms with Gasteiger partial charge in [0.05, 0.1) is 13.2 Å². The normalized spacial score (nSPS) is 29.4. The lowest BCUT2D eigenvalue weighted by Crippen LogP contribution is -2.54. The molecule has 2 N–H and O–H groups in total. The highest BCUT2D eigenvalue weighted by Gasteiger charge is 2.33. The highest BCUT2D eigenvalue weighted by Crippen LogP contribution is 2.37. The van der Waals surface area contributed by atoms with Crippen LogP contribution in [-0.4, -0.2) is 31.6 Å². The van der Waals surface area contributed by atoms with Gasteiger partial charge in [0.25, 0.3) is 0 Å². The lowest BCUT2D eigenvalue weighted by atomic mass is 9.75. The Morgan fingerprint density at radius 2 is 2.00 bits per heavy atom. The van der Waals surface area contributed by atoms with E-state index in [0.717, 1.165) is 38.0 Å². The third kappa shape index (κ3) is 2.80. The fourth-order valence-electron chi connectivity index (χ4n) is 3.12. The van der Waals surface area contributed by atoms with Crippen molar-refractivity contribution in [3.05, 3.63) is 29.8 Å². The minimum Gasteiger partial charge on any atom is -0.497 e. The van der Waals surface area contributed by atoms with E-state index < -0.39 is 0 Å². The molecule has 2 aliphatic rings. The number of carbonyl (C=O) groups excluding carboxylic acids is 1. The number of nitrogens with one attached hydrogen (secondary N) is 2. The second-order valence-electron chi connectivity index (χ2n) is 5.79. The average molecular weight is 274 g/mol. The monoisotopic (exact) mass is 274 g/mol. The van der Waals surface area contributed by atoms with E-state index in [9.17, 15) is 4.79 Å². The Labute approximate surface area is 119 Å². The molecule has 1 saturated carbocycles. The molecule has 0 bridgehead atoms. The van der Waals surface area contributed by atoms with Crippen molar-refractivity contribution >= 4 is 5.91 Å². The van der Waals surface area contributed by atoms with E-state index in [-0.39, 0.29) is 11.9 Å². The van der Waals surface area contributed by atoms with Gasteiger partial charge in [0.2, 0.25) is 5.91 Å². The number of amides is 1. The highest BCUT2D eigenvalue weighted by molar-refractivity contribution is 5.82. The minimum absolute atomic E-state index is 0.0190. The van der Waals surface area contributed by atoms with Crippen LogP contribution in [0.15, 0.2) is 24.3 Å². The van der Waals surface area contributed by atoms with E-state index >= 15 is 0 Å². The van der Waals surface area contributed by atoms with E-state index in [1.807, 2.05) is 12.1 Å². The quantitative estimate of drug-likeness (QED) is 0.880. The summed E-state index contributed by atoms with van der Waals surface area (Å²) in [7, 11) is 1.69. The molecule has 2 fully saturated rings. The smallest absolute Gasteiger partial charge is 0.237 e. The Kier molecular flexibility index (Phi) is 3.92. The molecule has 1 atom stereocenters.